The summed E-state index contributed by atoms with van der Waals surface area (Å²) in [6.07, 6.45) is 1.95. The van der Waals surface area contributed by atoms with E-state index in [9.17, 15) is 0 Å². The number of ether oxygens (including phenoxy) is 1. The van der Waals surface area contributed by atoms with Gasteiger partial charge < -0.3 is 23.7 Å². The van der Waals surface area contributed by atoms with E-state index in [0.29, 0.717) is 6.67 Å². The largest absolute Gasteiger partial charge is 0.457 e. The fourth-order valence-electron chi connectivity index (χ4n) is 13.1. The van der Waals surface area contributed by atoms with E-state index >= 15 is 0 Å². The van der Waals surface area contributed by atoms with Crippen molar-refractivity contribution < 1.29 is 4.74 Å². The standard InChI is InChI=1S/C78H68N6O/c1-76(2,3)51-39-40-79-74(45-51)84-71-38-35-56(83-69-32-16-12-27-63(69)64-28-13-17-33-70(64)83)47-66(71)65-37-36-59(48-73(65)84)85-58-24-19-22-54(46-58)80-49-81(57-43-52(77(4,5)6)42-53(44-57)78(7,8)9)75-60(29-20-34-72(75)80)50-21-18-23-55(41-50)82-67-30-14-10-25-61(67)62-26-11-15-31-68(62)82/h10-48H,49H2,1-9H3. The summed E-state index contributed by atoms with van der Waals surface area (Å²) in [6, 6.07) is 84.4. The Bertz CT molecular complexity index is 4850. The Labute approximate surface area is 497 Å². The van der Waals surface area contributed by atoms with Gasteiger partial charge in [-0.05, 0) is 148 Å². The Balaban J connectivity index is 0.852. The molecule has 0 bridgehead atoms. The second-order valence-electron chi connectivity index (χ2n) is 26.2. The Morgan fingerprint density at radius 2 is 0.871 bits per heavy atom. The van der Waals surface area contributed by atoms with Crippen molar-refractivity contribution in [2.24, 2.45) is 0 Å². The third-order valence-electron chi connectivity index (χ3n) is 17.6. The molecule has 14 aromatic rings. The highest BCUT2D eigenvalue weighted by atomic mass is 16.5. The second-order valence-corrected chi connectivity index (χ2v) is 26.2. The zero-order chi connectivity index (χ0) is 58.1. The molecule has 0 amide bonds. The summed E-state index contributed by atoms with van der Waals surface area (Å²) in [7, 11) is 0. The molecular weight excluding hydrogens is 1040 g/mol. The van der Waals surface area contributed by atoms with E-state index in [-0.39, 0.29) is 16.2 Å². The van der Waals surface area contributed by atoms with Gasteiger partial charge in [-0.25, -0.2) is 4.98 Å². The first-order chi connectivity index (χ1) is 41.0. The average molecular weight is 1110 g/mol. The first-order valence-electron chi connectivity index (χ1n) is 29.8. The zero-order valence-corrected chi connectivity index (χ0v) is 49.8. The van der Waals surface area contributed by atoms with Gasteiger partial charge in [-0.3, -0.25) is 4.57 Å². The highest BCUT2D eigenvalue weighted by Crippen LogP contribution is 2.52. The Morgan fingerprint density at radius 3 is 1.48 bits per heavy atom. The molecule has 1 aliphatic heterocycles. The van der Waals surface area contributed by atoms with Gasteiger partial charge in [0.2, 0.25) is 0 Å². The number of rotatable bonds is 8. The van der Waals surface area contributed by atoms with E-state index in [4.69, 9.17) is 9.72 Å². The van der Waals surface area contributed by atoms with Crippen LogP contribution in [0.3, 0.4) is 0 Å². The van der Waals surface area contributed by atoms with Crippen LogP contribution < -0.4 is 14.5 Å². The van der Waals surface area contributed by atoms with Gasteiger partial charge in [-0.2, -0.15) is 0 Å². The molecule has 1 aliphatic rings. The minimum Gasteiger partial charge on any atom is -0.457 e. The number of fused-ring (bicyclic) bond motifs is 10. The van der Waals surface area contributed by atoms with Crippen molar-refractivity contribution in [3.63, 3.8) is 0 Å². The molecule has 5 heterocycles. The van der Waals surface area contributed by atoms with E-state index in [2.05, 4.69) is 316 Å². The molecule has 0 radical (unpaired) electrons. The smallest absolute Gasteiger partial charge is 0.137 e. The first-order valence-corrected chi connectivity index (χ1v) is 29.8. The van der Waals surface area contributed by atoms with Crippen LogP contribution in [0.1, 0.15) is 79.0 Å². The van der Waals surface area contributed by atoms with Gasteiger partial charge in [0, 0.05) is 79.0 Å². The summed E-state index contributed by atoms with van der Waals surface area (Å²) in [5, 5.41) is 7.24. The average Bonchev–Trinajstić information content (AvgIpc) is 1.76. The van der Waals surface area contributed by atoms with Crippen molar-refractivity contribution in [3.8, 4) is 39.8 Å². The quantitative estimate of drug-likeness (QED) is 0.152. The normalized spacial score (nSPS) is 13.1. The second kappa shape index (κ2) is 19.4. The van der Waals surface area contributed by atoms with Crippen molar-refractivity contribution in [1.29, 1.82) is 0 Å². The molecule has 7 heteroatoms. The highest BCUT2D eigenvalue weighted by molar-refractivity contribution is 6.13. The molecule has 0 aliphatic carbocycles. The topological polar surface area (TPSA) is 43.4 Å². The molecule has 85 heavy (non-hydrogen) atoms. The van der Waals surface area contributed by atoms with Crippen molar-refractivity contribution in [2.45, 2.75) is 78.6 Å². The lowest BCUT2D eigenvalue weighted by molar-refractivity contribution is 0.483. The summed E-state index contributed by atoms with van der Waals surface area (Å²) >= 11 is 0. The van der Waals surface area contributed by atoms with E-state index in [0.717, 1.165) is 67.4 Å². The highest BCUT2D eigenvalue weighted by Gasteiger charge is 2.33. The monoisotopic (exact) mass is 1100 g/mol. The minimum absolute atomic E-state index is 0.0686. The van der Waals surface area contributed by atoms with Crippen molar-refractivity contribution >= 4 is 88.2 Å². The maximum atomic E-state index is 7.06. The number of aromatic nitrogens is 4. The van der Waals surface area contributed by atoms with Gasteiger partial charge in [-0.1, -0.05) is 172 Å². The van der Waals surface area contributed by atoms with Crippen LogP contribution >= 0.6 is 0 Å². The number of nitrogens with zero attached hydrogens (tertiary/aromatic N) is 6. The summed E-state index contributed by atoms with van der Waals surface area (Å²) in [5.41, 5.74) is 19.6. The lowest BCUT2D eigenvalue weighted by Gasteiger charge is -2.30. The van der Waals surface area contributed by atoms with Crippen LogP contribution in [0, 0.1) is 0 Å². The summed E-state index contributed by atoms with van der Waals surface area (Å²) in [5.74, 6) is 2.36. The Morgan fingerprint density at radius 1 is 0.341 bits per heavy atom. The molecule has 4 aromatic heterocycles. The third kappa shape index (κ3) is 8.74. The minimum atomic E-state index is -0.0702. The van der Waals surface area contributed by atoms with E-state index in [1.54, 1.807) is 0 Å². The van der Waals surface area contributed by atoms with Gasteiger partial charge >= 0.3 is 0 Å². The van der Waals surface area contributed by atoms with Crippen LogP contribution in [0.4, 0.5) is 22.7 Å². The lowest BCUT2D eigenvalue weighted by Crippen LogP contribution is -2.25. The number of hydrogen-bond donors (Lipinski definition) is 0. The van der Waals surface area contributed by atoms with Crippen LogP contribution in [-0.2, 0) is 16.2 Å². The fourth-order valence-corrected chi connectivity index (χ4v) is 13.1. The molecule has 0 fully saturated rings. The number of benzene rings is 10. The Hall–Kier alpha value is -9.85. The predicted molar refractivity (Wildman–Crippen MR) is 357 cm³/mol. The van der Waals surface area contributed by atoms with Crippen molar-refractivity contribution in [3.05, 3.63) is 253 Å². The van der Waals surface area contributed by atoms with E-state index in [1.165, 1.54) is 77.2 Å². The number of para-hydroxylation sites is 5. The van der Waals surface area contributed by atoms with Gasteiger partial charge in [0.1, 0.15) is 24.0 Å². The maximum Gasteiger partial charge on any atom is 0.137 e. The molecule has 0 unspecified atom stereocenters. The van der Waals surface area contributed by atoms with Crippen LogP contribution in [0.2, 0.25) is 0 Å². The van der Waals surface area contributed by atoms with Crippen molar-refractivity contribution in [2.75, 3.05) is 16.5 Å². The predicted octanol–water partition coefficient (Wildman–Crippen LogP) is 21.0. The lowest BCUT2D eigenvalue weighted by atomic mass is 9.80. The summed E-state index contributed by atoms with van der Waals surface area (Å²) < 4.78 is 14.2. The maximum absolute atomic E-state index is 7.06. The molecule has 7 nitrogen and oxygen atoms in total. The van der Waals surface area contributed by atoms with Crippen LogP contribution in [0.15, 0.2) is 237 Å². The molecule has 0 atom stereocenters. The van der Waals surface area contributed by atoms with Crippen LogP contribution in [0.25, 0.3) is 93.7 Å². The number of pyridine rings is 1. The van der Waals surface area contributed by atoms with Gasteiger partial charge in [0.25, 0.3) is 0 Å². The Kier molecular flexibility index (Phi) is 11.8. The SMILES string of the molecule is CC(C)(C)c1cc(N2CN(c3cccc(Oc4ccc5c6cc(-n7c8ccccc8c8ccccc87)ccc6n(-c6cc(C(C)(C)C)ccn6)c5c4)c3)c3cccc(-c4cccc(-n5c6ccccc6c6ccccc65)c4)c32)cc(C(C)(C)C)c1. The summed E-state index contributed by atoms with van der Waals surface area (Å²) in [6.45, 7) is 21.3. The fraction of sp³-hybridized carbons (Fsp3) is 0.167. The van der Waals surface area contributed by atoms with Crippen molar-refractivity contribution in [1.82, 2.24) is 18.7 Å². The molecule has 416 valence electrons. The van der Waals surface area contributed by atoms with Crippen LogP contribution in [-0.4, -0.2) is 25.4 Å². The molecule has 0 saturated carbocycles. The third-order valence-corrected chi connectivity index (χ3v) is 17.6. The molecule has 0 N–H and O–H groups in total. The van der Waals surface area contributed by atoms with Crippen LogP contribution in [0.5, 0.6) is 11.5 Å². The molecular formula is C78H68N6O. The number of anilines is 4. The van der Waals surface area contributed by atoms with Gasteiger partial charge in [0.15, 0.2) is 0 Å². The first kappa shape index (κ1) is 52.0. The van der Waals surface area contributed by atoms with Gasteiger partial charge in [-0.15, -0.1) is 0 Å². The molecule has 0 saturated heterocycles. The van der Waals surface area contributed by atoms with E-state index < -0.39 is 0 Å². The molecule has 0 spiro atoms. The molecule has 15 rings (SSSR count). The van der Waals surface area contributed by atoms with Gasteiger partial charge in [0.05, 0.1) is 44.5 Å². The summed E-state index contributed by atoms with van der Waals surface area (Å²) in [4.78, 5) is 10.1. The zero-order valence-electron chi connectivity index (χ0n) is 49.8. The van der Waals surface area contributed by atoms with E-state index in [1.807, 2.05) is 6.20 Å². The number of hydrogen-bond acceptors (Lipinski definition) is 4. The molecule has 10 aromatic carbocycles.